The van der Waals surface area contributed by atoms with Gasteiger partial charge in [0.1, 0.15) is 6.04 Å². The van der Waals surface area contributed by atoms with Gasteiger partial charge < -0.3 is 10.1 Å². The van der Waals surface area contributed by atoms with Gasteiger partial charge in [-0.2, -0.15) is 0 Å². The third kappa shape index (κ3) is 4.58. The highest BCUT2D eigenvalue weighted by Gasteiger charge is 2.24. The van der Waals surface area contributed by atoms with Gasteiger partial charge in [0, 0.05) is 0 Å². The van der Waals surface area contributed by atoms with E-state index in [0.717, 1.165) is 34.4 Å². The van der Waals surface area contributed by atoms with Crippen molar-refractivity contribution in [1.29, 1.82) is 0 Å². The van der Waals surface area contributed by atoms with E-state index in [4.69, 9.17) is 4.74 Å². The van der Waals surface area contributed by atoms with Crippen LogP contribution >= 0.6 is 0 Å². The average molecular weight is 412 g/mol. The van der Waals surface area contributed by atoms with Gasteiger partial charge in [0.15, 0.2) is 0 Å². The van der Waals surface area contributed by atoms with E-state index >= 15 is 0 Å². The van der Waals surface area contributed by atoms with Crippen LogP contribution in [0.25, 0.3) is 21.5 Å². The van der Waals surface area contributed by atoms with Crippen LogP contribution in [0, 0.1) is 0 Å². The fraction of sp³-hybridized carbons (Fsp3) is 0.185. The zero-order valence-electron chi connectivity index (χ0n) is 17.5. The predicted molar refractivity (Wildman–Crippen MR) is 124 cm³/mol. The first-order valence-electron chi connectivity index (χ1n) is 10.5. The zero-order chi connectivity index (χ0) is 21.6. The van der Waals surface area contributed by atoms with E-state index in [1.165, 1.54) is 12.7 Å². The molecule has 156 valence electrons. The van der Waals surface area contributed by atoms with E-state index in [1.807, 2.05) is 66.7 Å². The van der Waals surface area contributed by atoms with Crippen LogP contribution in [0.4, 0.5) is 0 Å². The topological polar surface area (TPSA) is 55.4 Å². The first kappa shape index (κ1) is 20.6. The van der Waals surface area contributed by atoms with E-state index < -0.39 is 12.0 Å². The molecule has 0 aliphatic heterocycles. The van der Waals surface area contributed by atoms with Crippen molar-refractivity contribution in [3.05, 3.63) is 96.1 Å². The Bertz CT molecular complexity index is 1160. The molecule has 1 N–H and O–H groups in total. The average Bonchev–Trinajstić information content (AvgIpc) is 2.81. The number of hydrogen-bond donors (Lipinski definition) is 1. The summed E-state index contributed by atoms with van der Waals surface area (Å²) in [6.07, 6.45) is 2.11. The Kier molecular flexibility index (Phi) is 6.27. The summed E-state index contributed by atoms with van der Waals surface area (Å²) in [6.45, 7) is 0. The summed E-state index contributed by atoms with van der Waals surface area (Å²) < 4.78 is 4.97. The molecule has 4 rings (SSSR count). The highest BCUT2D eigenvalue weighted by atomic mass is 16.5. The van der Waals surface area contributed by atoms with Gasteiger partial charge in [-0.1, -0.05) is 78.9 Å². The van der Waals surface area contributed by atoms with Crippen molar-refractivity contribution in [3.63, 3.8) is 0 Å². The predicted octanol–water partition coefficient (Wildman–Crippen LogP) is 5.29. The number of rotatable bonds is 7. The standard InChI is InChI=1S/C27H25NO3/c1-31-27(30)24(17-9-12-19-10-3-2-4-11-19)28-26(29)25-22-15-7-5-13-20(22)18-21-14-6-8-16-23(21)25/h2-8,10-11,13-16,18,24H,9,12,17H2,1H3,(H,28,29)/t24-/m0/s1. The molecule has 0 bridgehead atoms. The Hall–Kier alpha value is -3.66. The number of nitrogens with one attached hydrogen (secondary N) is 1. The van der Waals surface area contributed by atoms with Crippen molar-refractivity contribution in [2.45, 2.75) is 25.3 Å². The first-order valence-corrected chi connectivity index (χ1v) is 10.5. The summed E-state index contributed by atoms with van der Waals surface area (Å²) in [6, 6.07) is 27.1. The Morgan fingerprint density at radius 1 is 0.839 bits per heavy atom. The molecule has 0 saturated heterocycles. The van der Waals surface area contributed by atoms with Crippen molar-refractivity contribution in [2.75, 3.05) is 7.11 Å². The summed E-state index contributed by atoms with van der Waals surface area (Å²) in [4.78, 5) is 25.8. The number of ether oxygens (including phenoxy) is 1. The number of fused-ring (bicyclic) bond motifs is 2. The van der Waals surface area contributed by atoms with Crippen molar-refractivity contribution >= 4 is 33.4 Å². The zero-order valence-corrected chi connectivity index (χ0v) is 17.5. The van der Waals surface area contributed by atoms with Crippen LogP contribution in [0.15, 0.2) is 84.9 Å². The van der Waals surface area contributed by atoms with Crippen LogP contribution in [-0.4, -0.2) is 25.0 Å². The maximum atomic E-state index is 13.4. The van der Waals surface area contributed by atoms with E-state index in [2.05, 4.69) is 23.5 Å². The molecule has 0 radical (unpaired) electrons. The Morgan fingerprint density at radius 2 is 1.42 bits per heavy atom. The maximum Gasteiger partial charge on any atom is 0.328 e. The molecule has 1 atom stereocenters. The molecule has 0 heterocycles. The lowest BCUT2D eigenvalue weighted by molar-refractivity contribution is -0.143. The highest BCUT2D eigenvalue weighted by Crippen LogP contribution is 2.28. The molecular weight excluding hydrogens is 386 g/mol. The maximum absolute atomic E-state index is 13.4. The molecular formula is C27H25NO3. The van der Waals surface area contributed by atoms with Gasteiger partial charge in [0.05, 0.1) is 12.7 Å². The normalized spacial score (nSPS) is 11.9. The second-order valence-corrected chi connectivity index (χ2v) is 7.62. The lowest BCUT2D eigenvalue weighted by Gasteiger charge is -2.18. The van der Waals surface area contributed by atoms with Gasteiger partial charge in [-0.15, -0.1) is 0 Å². The molecule has 1 amide bonds. The van der Waals surface area contributed by atoms with Crippen molar-refractivity contribution < 1.29 is 14.3 Å². The summed E-state index contributed by atoms with van der Waals surface area (Å²) in [5.41, 5.74) is 1.79. The molecule has 0 saturated carbocycles. The Morgan fingerprint density at radius 3 is 2.03 bits per heavy atom. The molecule has 0 fully saturated rings. The molecule has 4 heteroatoms. The molecule has 0 aromatic heterocycles. The third-order valence-corrected chi connectivity index (χ3v) is 5.59. The van der Waals surface area contributed by atoms with Gasteiger partial charge >= 0.3 is 5.97 Å². The molecule has 0 spiro atoms. The number of esters is 1. The summed E-state index contributed by atoms with van der Waals surface area (Å²) >= 11 is 0. The number of carbonyl (C=O) groups excluding carboxylic acids is 2. The number of hydrogen-bond acceptors (Lipinski definition) is 3. The minimum atomic E-state index is -0.695. The summed E-state index contributed by atoms with van der Waals surface area (Å²) in [7, 11) is 1.35. The van der Waals surface area contributed by atoms with Crippen molar-refractivity contribution in [1.82, 2.24) is 5.32 Å². The van der Waals surface area contributed by atoms with Gasteiger partial charge in [0.2, 0.25) is 0 Å². The summed E-state index contributed by atoms with van der Waals surface area (Å²) in [5, 5.41) is 6.66. The van der Waals surface area contributed by atoms with E-state index in [0.29, 0.717) is 12.0 Å². The number of amides is 1. The van der Waals surface area contributed by atoms with Crippen LogP contribution in [0.1, 0.15) is 28.8 Å². The van der Waals surface area contributed by atoms with E-state index in [-0.39, 0.29) is 5.91 Å². The first-order chi connectivity index (χ1) is 15.2. The van der Waals surface area contributed by atoms with Gasteiger partial charge in [-0.3, -0.25) is 4.79 Å². The van der Waals surface area contributed by atoms with Crippen molar-refractivity contribution in [2.24, 2.45) is 0 Å². The number of methoxy groups -OCH3 is 1. The fourth-order valence-corrected chi connectivity index (χ4v) is 4.03. The van der Waals surface area contributed by atoms with Gasteiger partial charge in [-0.25, -0.2) is 4.79 Å². The van der Waals surface area contributed by atoms with Crippen LogP contribution < -0.4 is 5.32 Å². The number of benzene rings is 4. The van der Waals surface area contributed by atoms with Gasteiger partial charge in [-0.05, 0) is 52.4 Å². The quantitative estimate of drug-likeness (QED) is 0.332. The molecule has 0 aliphatic carbocycles. The molecule has 0 unspecified atom stereocenters. The Balaban J connectivity index is 1.60. The number of aryl methyl sites for hydroxylation is 1. The largest absolute Gasteiger partial charge is 0.467 e. The minimum absolute atomic E-state index is 0.261. The SMILES string of the molecule is COC(=O)[C@H](CCCc1ccccc1)NC(=O)c1c2ccccc2cc2ccccc12. The highest BCUT2D eigenvalue weighted by molar-refractivity contribution is 6.18. The van der Waals surface area contributed by atoms with Crippen LogP contribution in [0.3, 0.4) is 0 Å². The molecule has 0 aliphatic rings. The Labute approximate surface area is 181 Å². The number of carbonyl (C=O) groups is 2. The van der Waals surface area contributed by atoms with Crippen LogP contribution in [0.2, 0.25) is 0 Å². The smallest absolute Gasteiger partial charge is 0.328 e. The molecule has 4 nitrogen and oxygen atoms in total. The second-order valence-electron chi connectivity index (χ2n) is 7.62. The lowest BCUT2D eigenvalue weighted by Crippen LogP contribution is -2.41. The van der Waals surface area contributed by atoms with Crippen LogP contribution in [-0.2, 0) is 16.0 Å². The monoisotopic (exact) mass is 411 g/mol. The fourth-order valence-electron chi connectivity index (χ4n) is 4.03. The van der Waals surface area contributed by atoms with Crippen molar-refractivity contribution in [3.8, 4) is 0 Å². The van der Waals surface area contributed by atoms with E-state index in [9.17, 15) is 9.59 Å². The molecule has 4 aromatic rings. The lowest BCUT2D eigenvalue weighted by atomic mass is 9.96. The van der Waals surface area contributed by atoms with Gasteiger partial charge in [0.25, 0.3) is 5.91 Å². The summed E-state index contributed by atoms with van der Waals surface area (Å²) in [5.74, 6) is -0.686. The molecule has 31 heavy (non-hydrogen) atoms. The second kappa shape index (κ2) is 9.43. The molecule has 4 aromatic carbocycles. The van der Waals surface area contributed by atoms with E-state index in [1.54, 1.807) is 0 Å². The third-order valence-electron chi connectivity index (χ3n) is 5.59. The minimum Gasteiger partial charge on any atom is -0.467 e. The van der Waals surface area contributed by atoms with Crippen LogP contribution in [0.5, 0.6) is 0 Å².